The van der Waals surface area contributed by atoms with E-state index in [1.54, 1.807) is 12.1 Å². The van der Waals surface area contributed by atoms with Crippen molar-refractivity contribution in [3.8, 4) is 0 Å². The zero-order chi connectivity index (χ0) is 13.8. The van der Waals surface area contributed by atoms with Gasteiger partial charge in [0.05, 0.1) is 5.56 Å². The lowest BCUT2D eigenvalue weighted by atomic mass is 10.2. The first-order valence-electron chi connectivity index (χ1n) is 5.51. The summed E-state index contributed by atoms with van der Waals surface area (Å²) in [5.74, 6) is -1.01. The van der Waals surface area contributed by atoms with Crippen LogP contribution in [-0.4, -0.2) is 5.91 Å². The van der Waals surface area contributed by atoms with Crippen LogP contribution in [0.15, 0.2) is 46.9 Å². The minimum atomic E-state index is -0.544. The second-order valence-corrected chi connectivity index (χ2v) is 5.39. The highest BCUT2D eigenvalue weighted by Crippen LogP contribution is 2.18. The van der Waals surface area contributed by atoms with E-state index in [1.165, 1.54) is 12.1 Å². The topological polar surface area (TPSA) is 29.1 Å². The van der Waals surface area contributed by atoms with Crippen LogP contribution in [0.3, 0.4) is 0 Å². The van der Waals surface area contributed by atoms with Gasteiger partial charge in [-0.25, -0.2) is 4.39 Å². The minimum Gasteiger partial charge on any atom is -0.322 e. The Morgan fingerprint density at radius 2 is 2.00 bits per heavy atom. The van der Waals surface area contributed by atoms with Gasteiger partial charge in [0, 0.05) is 15.5 Å². The van der Waals surface area contributed by atoms with Crippen LogP contribution in [0.5, 0.6) is 0 Å². The summed E-state index contributed by atoms with van der Waals surface area (Å²) in [6.45, 7) is 0. The van der Waals surface area contributed by atoms with Crippen molar-refractivity contribution in [3.63, 3.8) is 0 Å². The minimum absolute atomic E-state index is 0.0126. The third kappa shape index (κ3) is 3.64. The molecule has 2 rings (SSSR count). The summed E-state index contributed by atoms with van der Waals surface area (Å²) in [5, 5.41) is 3.38. The Morgan fingerprint density at radius 3 is 2.74 bits per heavy atom. The highest BCUT2D eigenvalue weighted by Gasteiger charge is 2.12. The number of hydrogen-bond donors (Lipinski definition) is 1. The van der Waals surface area contributed by atoms with Gasteiger partial charge in [0.1, 0.15) is 5.82 Å². The van der Waals surface area contributed by atoms with Crippen molar-refractivity contribution in [3.05, 3.63) is 63.9 Å². The van der Waals surface area contributed by atoms with Gasteiger partial charge in [-0.2, -0.15) is 0 Å². The van der Waals surface area contributed by atoms with Gasteiger partial charge >= 0.3 is 0 Å². The van der Waals surface area contributed by atoms with Crippen molar-refractivity contribution in [1.82, 2.24) is 0 Å². The standard InChI is InChI=1S/C14H10Br2FNO/c15-8-9-2-1-3-11(6-9)18-14(19)12-7-10(16)4-5-13(12)17/h1-7H,8H2,(H,18,19). The first-order valence-corrected chi connectivity index (χ1v) is 7.43. The first-order chi connectivity index (χ1) is 9.10. The summed E-state index contributed by atoms with van der Waals surface area (Å²) < 4.78 is 14.2. The molecule has 0 saturated carbocycles. The summed E-state index contributed by atoms with van der Waals surface area (Å²) in [6.07, 6.45) is 0. The second kappa shape index (κ2) is 6.30. The highest BCUT2D eigenvalue weighted by molar-refractivity contribution is 9.10. The second-order valence-electron chi connectivity index (χ2n) is 3.91. The number of amides is 1. The maximum absolute atomic E-state index is 13.6. The molecule has 0 aromatic heterocycles. The van der Waals surface area contributed by atoms with Gasteiger partial charge < -0.3 is 5.32 Å². The zero-order valence-corrected chi connectivity index (χ0v) is 13.0. The van der Waals surface area contributed by atoms with Crippen LogP contribution in [0.2, 0.25) is 0 Å². The maximum Gasteiger partial charge on any atom is 0.258 e. The van der Waals surface area contributed by atoms with Gasteiger partial charge in [-0.15, -0.1) is 0 Å². The van der Waals surface area contributed by atoms with E-state index in [0.29, 0.717) is 15.5 Å². The predicted molar refractivity (Wildman–Crippen MR) is 81.1 cm³/mol. The van der Waals surface area contributed by atoms with Gasteiger partial charge in [0.15, 0.2) is 0 Å². The Kier molecular flexibility index (Phi) is 4.71. The van der Waals surface area contributed by atoms with Crippen LogP contribution in [0.25, 0.3) is 0 Å². The average molecular weight is 387 g/mol. The molecule has 0 fully saturated rings. The van der Waals surface area contributed by atoms with Crippen molar-refractivity contribution in [2.75, 3.05) is 5.32 Å². The van der Waals surface area contributed by atoms with Crippen molar-refractivity contribution < 1.29 is 9.18 Å². The Labute approximate surface area is 127 Å². The van der Waals surface area contributed by atoms with Crippen LogP contribution >= 0.6 is 31.9 Å². The number of carbonyl (C=O) groups excluding carboxylic acids is 1. The molecule has 19 heavy (non-hydrogen) atoms. The Hall–Kier alpha value is -1.20. The molecule has 5 heteroatoms. The molecule has 0 aliphatic rings. The summed E-state index contributed by atoms with van der Waals surface area (Å²) in [5.41, 5.74) is 1.69. The monoisotopic (exact) mass is 385 g/mol. The van der Waals surface area contributed by atoms with Crippen LogP contribution in [0.4, 0.5) is 10.1 Å². The number of rotatable bonds is 3. The van der Waals surface area contributed by atoms with E-state index in [-0.39, 0.29) is 5.56 Å². The summed E-state index contributed by atoms with van der Waals surface area (Å²) in [4.78, 5) is 12.0. The smallest absolute Gasteiger partial charge is 0.258 e. The van der Waals surface area contributed by atoms with E-state index in [2.05, 4.69) is 37.2 Å². The maximum atomic E-state index is 13.6. The molecule has 2 aromatic rings. The molecule has 0 aliphatic heterocycles. The molecule has 0 heterocycles. The lowest BCUT2D eigenvalue weighted by Crippen LogP contribution is -2.13. The number of nitrogens with one attached hydrogen (secondary N) is 1. The molecule has 2 aromatic carbocycles. The third-order valence-electron chi connectivity index (χ3n) is 2.51. The highest BCUT2D eigenvalue weighted by atomic mass is 79.9. The largest absolute Gasteiger partial charge is 0.322 e. The van der Waals surface area contributed by atoms with Crippen LogP contribution in [0, 0.1) is 5.82 Å². The first kappa shape index (κ1) is 14.2. The lowest BCUT2D eigenvalue weighted by molar-refractivity contribution is 0.102. The fourth-order valence-corrected chi connectivity index (χ4v) is 2.31. The van der Waals surface area contributed by atoms with E-state index in [0.717, 1.165) is 5.56 Å². The number of halogens is 3. The molecule has 0 aliphatic carbocycles. The molecule has 1 N–H and O–H groups in total. The number of anilines is 1. The molecule has 1 amide bonds. The van der Waals surface area contributed by atoms with E-state index in [1.807, 2.05) is 18.2 Å². The van der Waals surface area contributed by atoms with Gasteiger partial charge in [-0.1, -0.05) is 44.0 Å². The fourth-order valence-electron chi connectivity index (χ4n) is 1.60. The summed E-state index contributed by atoms with van der Waals surface area (Å²) >= 11 is 6.57. The van der Waals surface area contributed by atoms with Crippen molar-refractivity contribution in [2.45, 2.75) is 5.33 Å². The number of carbonyl (C=O) groups is 1. The van der Waals surface area contributed by atoms with Crippen LogP contribution < -0.4 is 5.32 Å². The zero-order valence-electron chi connectivity index (χ0n) is 9.79. The number of benzene rings is 2. The SMILES string of the molecule is O=C(Nc1cccc(CBr)c1)c1cc(Br)ccc1F. The van der Waals surface area contributed by atoms with E-state index in [9.17, 15) is 9.18 Å². The van der Waals surface area contributed by atoms with Crippen molar-refractivity contribution >= 4 is 43.5 Å². The van der Waals surface area contributed by atoms with Crippen molar-refractivity contribution in [2.24, 2.45) is 0 Å². The molecule has 0 unspecified atom stereocenters. The molecule has 0 spiro atoms. The van der Waals surface area contributed by atoms with Gasteiger partial charge in [-0.05, 0) is 35.9 Å². The molecule has 0 saturated heterocycles. The molecule has 0 atom stereocenters. The van der Waals surface area contributed by atoms with Crippen LogP contribution in [-0.2, 0) is 5.33 Å². The Morgan fingerprint density at radius 1 is 1.21 bits per heavy atom. The lowest BCUT2D eigenvalue weighted by Gasteiger charge is -2.07. The molecule has 0 radical (unpaired) electrons. The number of hydrogen-bond acceptors (Lipinski definition) is 1. The fraction of sp³-hybridized carbons (Fsp3) is 0.0714. The molecule has 2 nitrogen and oxygen atoms in total. The summed E-state index contributed by atoms with van der Waals surface area (Å²) in [7, 11) is 0. The Bertz CT molecular complexity index is 616. The van der Waals surface area contributed by atoms with Crippen molar-refractivity contribution in [1.29, 1.82) is 0 Å². The van der Waals surface area contributed by atoms with E-state index < -0.39 is 11.7 Å². The molecule has 98 valence electrons. The van der Waals surface area contributed by atoms with E-state index >= 15 is 0 Å². The predicted octanol–water partition coefficient (Wildman–Crippen LogP) is 4.74. The van der Waals surface area contributed by atoms with Gasteiger partial charge in [0.2, 0.25) is 0 Å². The van der Waals surface area contributed by atoms with E-state index in [4.69, 9.17) is 0 Å². The normalized spacial score (nSPS) is 10.3. The van der Waals surface area contributed by atoms with Gasteiger partial charge in [0.25, 0.3) is 5.91 Å². The molecular formula is C14H10Br2FNO. The quantitative estimate of drug-likeness (QED) is 0.758. The summed E-state index contributed by atoms with van der Waals surface area (Å²) in [6, 6.07) is 11.6. The molecule has 0 bridgehead atoms. The van der Waals surface area contributed by atoms with Crippen LogP contribution in [0.1, 0.15) is 15.9 Å². The molecular weight excluding hydrogens is 377 g/mol. The number of alkyl halides is 1. The third-order valence-corrected chi connectivity index (χ3v) is 3.65. The average Bonchev–Trinajstić information content (AvgIpc) is 2.41. The Balaban J connectivity index is 2.23. The van der Waals surface area contributed by atoms with Gasteiger partial charge in [-0.3, -0.25) is 4.79 Å².